The molecule has 0 bridgehead atoms. The van der Waals surface area contributed by atoms with Crippen molar-refractivity contribution in [3.05, 3.63) is 46.6 Å². The minimum absolute atomic E-state index is 0.928. The Hall–Kier alpha value is -1.22. The molecule has 0 amide bonds. The molecular formula is C20H27BrN2. The van der Waals surface area contributed by atoms with E-state index in [0.29, 0.717) is 0 Å². The molecule has 0 aliphatic heterocycles. The molecule has 1 aromatic heterocycles. The highest BCUT2D eigenvalue weighted by molar-refractivity contribution is 9.10. The van der Waals surface area contributed by atoms with Crippen LogP contribution in [0.3, 0.4) is 0 Å². The molecule has 0 aliphatic rings. The summed E-state index contributed by atoms with van der Waals surface area (Å²) in [6.07, 6.45) is 13.8. The van der Waals surface area contributed by atoms with Gasteiger partial charge in [0.2, 0.25) is 0 Å². The number of aryl methyl sites for hydroxylation is 1. The van der Waals surface area contributed by atoms with Crippen molar-refractivity contribution < 1.29 is 0 Å². The molecule has 124 valence electrons. The summed E-state index contributed by atoms with van der Waals surface area (Å²) < 4.78 is 1.08. The lowest BCUT2D eigenvalue weighted by atomic mass is 10.0. The molecular weight excluding hydrogens is 348 g/mol. The van der Waals surface area contributed by atoms with E-state index in [0.717, 1.165) is 22.2 Å². The molecule has 0 N–H and O–H groups in total. The minimum Gasteiger partial charge on any atom is -0.159 e. The first-order valence-electron chi connectivity index (χ1n) is 8.87. The Morgan fingerprint density at radius 2 is 1.65 bits per heavy atom. The summed E-state index contributed by atoms with van der Waals surface area (Å²) in [5, 5.41) is 8.19. The zero-order valence-electron chi connectivity index (χ0n) is 14.1. The number of nitrogens with zero attached hydrogens (tertiary/aromatic N) is 2. The van der Waals surface area contributed by atoms with Crippen molar-refractivity contribution in [2.45, 2.75) is 64.7 Å². The van der Waals surface area contributed by atoms with E-state index in [1.165, 1.54) is 56.9 Å². The van der Waals surface area contributed by atoms with E-state index < -0.39 is 0 Å². The van der Waals surface area contributed by atoms with Gasteiger partial charge in [-0.2, -0.15) is 10.2 Å². The zero-order chi connectivity index (χ0) is 16.3. The van der Waals surface area contributed by atoms with Gasteiger partial charge in [0.25, 0.3) is 0 Å². The van der Waals surface area contributed by atoms with E-state index in [-0.39, 0.29) is 0 Å². The average Bonchev–Trinajstić information content (AvgIpc) is 2.59. The largest absolute Gasteiger partial charge is 0.159 e. The smallest absolute Gasteiger partial charge is 0.0941 e. The number of unbranched alkanes of at least 4 members (excludes halogenated alkanes) is 7. The maximum absolute atomic E-state index is 4.22. The van der Waals surface area contributed by atoms with Gasteiger partial charge in [-0.3, -0.25) is 0 Å². The Morgan fingerprint density at radius 3 is 2.35 bits per heavy atom. The molecule has 0 saturated heterocycles. The molecule has 3 heteroatoms. The first-order valence-corrected chi connectivity index (χ1v) is 9.67. The van der Waals surface area contributed by atoms with Crippen LogP contribution >= 0.6 is 15.9 Å². The average molecular weight is 375 g/mol. The molecule has 23 heavy (non-hydrogen) atoms. The molecule has 0 spiro atoms. The summed E-state index contributed by atoms with van der Waals surface area (Å²) >= 11 is 3.62. The van der Waals surface area contributed by atoms with Crippen LogP contribution in [0.2, 0.25) is 0 Å². The summed E-state index contributed by atoms with van der Waals surface area (Å²) in [5.41, 5.74) is 3.45. The molecule has 0 atom stereocenters. The number of benzene rings is 1. The van der Waals surface area contributed by atoms with Crippen LogP contribution in [0.25, 0.3) is 11.3 Å². The van der Waals surface area contributed by atoms with Gasteiger partial charge in [-0.05, 0) is 42.7 Å². The van der Waals surface area contributed by atoms with Crippen molar-refractivity contribution >= 4 is 15.9 Å². The maximum atomic E-state index is 4.22. The van der Waals surface area contributed by atoms with E-state index in [2.05, 4.69) is 51.3 Å². The highest BCUT2D eigenvalue weighted by Gasteiger charge is 2.06. The lowest BCUT2D eigenvalue weighted by molar-refractivity contribution is 0.575. The number of halogens is 1. The van der Waals surface area contributed by atoms with Gasteiger partial charge in [-0.15, -0.1) is 0 Å². The zero-order valence-corrected chi connectivity index (χ0v) is 15.7. The number of aromatic nitrogens is 2. The van der Waals surface area contributed by atoms with Crippen LogP contribution in [0.5, 0.6) is 0 Å². The molecule has 1 heterocycles. The van der Waals surface area contributed by atoms with E-state index in [9.17, 15) is 0 Å². The lowest BCUT2D eigenvalue weighted by Gasteiger charge is -2.07. The van der Waals surface area contributed by atoms with Gasteiger partial charge >= 0.3 is 0 Å². The number of hydrogen-bond donors (Lipinski definition) is 0. The van der Waals surface area contributed by atoms with Gasteiger partial charge < -0.3 is 0 Å². The molecule has 2 nitrogen and oxygen atoms in total. The second kappa shape index (κ2) is 10.5. The first kappa shape index (κ1) is 18.1. The Bertz CT molecular complexity index is 569. The molecule has 0 fully saturated rings. The second-order valence-electron chi connectivity index (χ2n) is 6.15. The van der Waals surface area contributed by atoms with Crippen molar-refractivity contribution in [1.29, 1.82) is 0 Å². The highest BCUT2D eigenvalue weighted by Crippen LogP contribution is 2.28. The molecule has 0 saturated carbocycles. The topological polar surface area (TPSA) is 25.8 Å². The van der Waals surface area contributed by atoms with Gasteiger partial charge in [-0.1, -0.05) is 73.9 Å². The Labute approximate surface area is 148 Å². The van der Waals surface area contributed by atoms with Crippen molar-refractivity contribution in [2.75, 3.05) is 0 Å². The monoisotopic (exact) mass is 374 g/mol. The van der Waals surface area contributed by atoms with Crippen LogP contribution in [0, 0.1) is 0 Å². The third-order valence-corrected chi connectivity index (χ3v) is 4.89. The lowest BCUT2D eigenvalue weighted by Crippen LogP contribution is -1.91. The fourth-order valence-electron chi connectivity index (χ4n) is 2.83. The third kappa shape index (κ3) is 6.42. The summed E-state index contributed by atoms with van der Waals surface area (Å²) in [4.78, 5) is 0. The van der Waals surface area contributed by atoms with Gasteiger partial charge in [0.05, 0.1) is 5.69 Å². The van der Waals surface area contributed by atoms with Gasteiger partial charge in [0, 0.05) is 16.2 Å². The van der Waals surface area contributed by atoms with Gasteiger partial charge in [-0.25, -0.2) is 0 Å². The standard InChI is InChI=1S/C20H27BrN2/c1-2-3-4-5-6-7-8-9-11-17-13-14-19(21)18(16-17)20-12-10-15-22-23-20/h10,12-16H,2-9,11H2,1H3. The predicted octanol–water partition coefficient (Wildman–Crippen LogP) is 6.59. The van der Waals surface area contributed by atoms with Gasteiger partial charge in [0.1, 0.15) is 0 Å². The first-order chi connectivity index (χ1) is 11.3. The summed E-state index contributed by atoms with van der Waals surface area (Å²) in [5.74, 6) is 0. The third-order valence-electron chi connectivity index (χ3n) is 4.20. The van der Waals surface area contributed by atoms with E-state index in [1.807, 2.05) is 12.1 Å². The molecule has 0 radical (unpaired) electrons. The van der Waals surface area contributed by atoms with Crippen LogP contribution in [-0.4, -0.2) is 10.2 Å². The van der Waals surface area contributed by atoms with Crippen molar-refractivity contribution in [3.63, 3.8) is 0 Å². The van der Waals surface area contributed by atoms with Crippen molar-refractivity contribution in [3.8, 4) is 11.3 Å². The quantitative estimate of drug-likeness (QED) is 0.438. The Morgan fingerprint density at radius 1 is 0.913 bits per heavy atom. The Balaban J connectivity index is 1.78. The highest BCUT2D eigenvalue weighted by atomic mass is 79.9. The summed E-state index contributed by atoms with van der Waals surface area (Å²) in [6, 6.07) is 10.5. The van der Waals surface area contributed by atoms with E-state index >= 15 is 0 Å². The van der Waals surface area contributed by atoms with Gasteiger partial charge in [0.15, 0.2) is 0 Å². The normalized spacial score (nSPS) is 10.9. The van der Waals surface area contributed by atoms with Crippen LogP contribution in [0.15, 0.2) is 41.0 Å². The second-order valence-corrected chi connectivity index (χ2v) is 7.00. The molecule has 2 rings (SSSR count). The number of hydrogen-bond acceptors (Lipinski definition) is 2. The molecule has 2 aromatic rings. The fourth-order valence-corrected chi connectivity index (χ4v) is 3.28. The minimum atomic E-state index is 0.928. The fraction of sp³-hybridized carbons (Fsp3) is 0.500. The summed E-state index contributed by atoms with van der Waals surface area (Å²) in [7, 11) is 0. The van der Waals surface area contributed by atoms with Crippen LogP contribution < -0.4 is 0 Å². The Kier molecular flexibility index (Phi) is 8.30. The molecule has 1 aromatic carbocycles. The molecule has 0 aliphatic carbocycles. The summed E-state index contributed by atoms with van der Waals surface area (Å²) in [6.45, 7) is 2.27. The van der Waals surface area contributed by atoms with Crippen molar-refractivity contribution in [2.24, 2.45) is 0 Å². The number of rotatable bonds is 10. The van der Waals surface area contributed by atoms with Crippen LogP contribution in [0.4, 0.5) is 0 Å². The van der Waals surface area contributed by atoms with Crippen molar-refractivity contribution in [1.82, 2.24) is 10.2 Å². The van der Waals surface area contributed by atoms with E-state index in [1.54, 1.807) is 6.20 Å². The SMILES string of the molecule is CCCCCCCCCCc1ccc(Br)c(-c2cccnn2)c1. The maximum Gasteiger partial charge on any atom is 0.0941 e. The van der Waals surface area contributed by atoms with E-state index in [4.69, 9.17) is 0 Å². The van der Waals surface area contributed by atoms with Crippen LogP contribution in [-0.2, 0) is 6.42 Å². The molecule has 0 unspecified atom stereocenters. The van der Waals surface area contributed by atoms with Crippen LogP contribution in [0.1, 0.15) is 63.9 Å². The predicted molar refractivity (Wildman–Crippen MR) is 101 cm³/mol.